The molecular formula is C14H25NS. The predicted octanol–water partition coefficient (Wildman–Crippen LogP) is 3.98. The Bertz CT molecular complexity index is 227. The number of allylic oxidation sites excluding steroid dienone is 3. The first-order chi connectivity index (χ1) is 7.95. The van der Waals surface area contributed by atoms with Crippen LogP contribution < -0.4 is 5.32 Å². The van der Waals surface area contributed by atoms with Crippen LogP contribution in [0.5, 0.6) is 0 Å². The monoisotopic (exact) mass is 239 g/mol. The second-order valence-corrected chi connectivity index (χ2v) is 5.20. The number of hydrogen-bond acceptors (Lipinski definition) is 2. The third-order valence-corrected chi connectivity index (χ3v) is 4.12. The van der Waals surface area contributed by atoms with E-state index in [9.17, 15) is 0 Å². The minimum Gasteiger partial charge on any atom is -0.316 e. The highest BCUT2D eigenvalue weighted by Gasteiger charge is 2.13. The highest BCUT2D eigenvalue weighted by Crippen LogP contribution is 2.26. The van der Waals surface area contributed by atoms with Gasteiger partial charge in [0.1, 0.15) is 0 Å². The molecule has 1 atom stereocenters. The fourth-order valence-corrected chi connectivity index (χ4v) is 3.12. The molecule has 1 saturated heterocycles. The topological polar surface area (TPSA) is 12.0 Å². The third kappa shape index (κ3) is 5.22. The molecule has 0 amide bonds. The molecule has 1 aliphatic carbocycles. The maximum absolute atomic E-state index is 3.47. The maximum atomic E-state index is 3.47. The molecule has 0 aromatic rings. The average Bonchev–Trinajstić information content (AvgIpc) is 2.41. The minimum atomic E-state index is 0.893. The van der Waals surface area contributed by atoms with Gasteiger partial charge in [-0.2, -0.15) is 0 Å². The molecule has 1 unspecified atom stereocenters. The van der Waals surface area contributed by atoms with Gasteiger partial charge < -0.3 is 5.32 Å². The summed E-state index contributed by atoms with van der Waals surface area (Å²) in [5.74, 6) is 2.19. The lowest BCUT2D eigenvalue weighted by atomic mass is 10.0. The SMILES string of the molecule is C1=CC(SCC2CCCNC2)=CCC1.CC. The molecule has 0 bridgehead atoms. The zero-order chi connectivity index (χ0) is 11.6. The Morgan fingerprint density at radius 3 is 2.88 bits per heavy atom. The number of piperidine rings is 1. The molecule has 2 rings (SSSR count). The van der Waals surface area contributed by atoms with Gasteiger partial charge in [-0.15, -0.1) is 11.8 Å². The van der Waals surface area contributed by atoms with Crippen LogP contribution in [0.3, 0.4) is 0 Å². The van der Waals surface area contributed by atoms with E-state index in [0.29, 0.717) is 0 Å². The van der Waals surface area contributed by atoms with Crippen molar-refractivity contribution in [1.29, 1.82) is 0 Å². The summed E-state index contributed by atoms with van der Waals surface area (Å²) in [4.78, 5) is 1.49. The smallest absolute Gasteiger partial charge is 0.00290 e. The van der Waals surface area contributed by atoms with E-state index in [4.69, 9.17) is 0 Å². The van der Waals surface area contributed by atoms with Crippen molar-refractivity contribution in [2.75, 3.05) is 18.8 Å². The molecule has 1 aliphatic heterocycles. The first kappa shape index (κ1) is 13.9. The van der Waals surface area contributed by atoms with Gasteiger partial charge in [0.15, 0.2) is 0 Å². The lowest BCUT2D eigenvalue weighted by Crippen LogP contribution is -2.30. The molecule has 1 N–H and O–H groups in total. The first-order valence-corrected chi connectivity index (χ1v) is 7.64. The molecule has 0 saturated carbocycles. The number of rotatable bonds is 3. The van der Waals surface area contributed by atoms with Crippen molar-refractivity contribution in [2.45, 2.75) is 39.5 Å². The van der Waals surface area contributed by atoms with Crippen molar-refractivity contribution in [2.24, 2.45) is 5.92 Å². The van der Waals surface area contributed by atoms with E-state index in [1.54, 1.807) is 0 Å². The van der Waals surface area contributed by atoms with Crippen molar-refractivity contribution < 1.29 is 0 Å². The standard InChI is InChI=1S/C12H19NS.C2H6/c1-2-6-12(7-3-1)14-10-11-5-4-8-13-9-11;1-2/h2,6-7,11,13H,1,3-5,8-10H2;1-2H3. The highest BCUT2D eigenvalue weighted by molar-refractivity contribution is 8.03. The average molecular weight is 239 g/mol. The Kier molecular flexibility index (Phi) is 7.69. The fourth-order valence-electron chi connectivity index (χ4n) is 1.98. The van der Waals surface area contributed by atoms with Crippen molar-refractivity contribution in [3.63, 3.8) is 0 Å². The highest BCUT2D eigenvalue weighted by atomic mass is 32.2. The van der Waals surface area contributed by atoms with E-state index >= 15 is 0 Å². The molecule has 0 spiro atoms. The minimum absolute atomic E-state index is 0.893. The maximum Gasteiger partial charge on any atom is 0.00290 e. The van der Waals surface area contributed by atoms with Gasteiger partial charge in [0, 0.05) is 10.7 Å². The lowest BCUT2D eigenvalue weighted by molar-refractivity contribution is 0.410. The van der Waals surface area contributed by atoms with Crippen molar-refractivity contribution in [3.05, 3.63) is 23.1 Å². The zero-order valence-corrected chi connectivity index (χ0v) is 11.5. The molecular weight excluding hydrogens is 214 g/mol. The summed E-state index contributed by atoms with van der Waals surface area (Å²) in [6, 6.07) is 0. The van der Waals surface area contributed by atoms with Crippen LogP contribution in [0.1, 0.15) is 39.5 Å². The van der Waals surface area contributed by atoms with Crippen molar-refractivity contribution in [3.8, 4) is 0 Å². The van der Waals surface area contributed by atoms with Gasteiger partial charge in [0.2, 0.25) is 0 Å². The third-order valence-electron chi connectivity index (χ3n) is 2.85. The summed E-state index contributed by atoms with van der Waals surface area (Å²) in [5, 5.41) is 3.47. The Hall–Kier alpha value is -0.210. The molecule has 2 heteroatoms. The molecule has 1 nitrogen and oxygen atoms in total. The van der Waals surface area contributed by atoms with Crippen LogP contribution in [0.25, 0.3) is 0 Å². The van der Waals surface area contributed by atoms with Crippen LogP contribution in [0.2, 0.25) is 0 Å². The Labute approximate surface area is 105 Å². The molecule has 0 aromatic heterocycles. The fraction of sp³-hybridized carbons (Fsp3) is 0.714. The molecule has 2 aliphatic rings. The summed E-state index contributed by atoms with van der Waals surface area (Å²) >= 11 is 2.04. The molecule has 16 heavy (non-hydrogen) atoms. The van der Waals surface area contributed by atoms with Crippen LogP contribution in [0.4, 0.5) is 0 Å². The summed E-state index contributed by atoms with van der Waals surface area (Å²) in [7, 11) is 0. The van der Waals surface area contributed by atoms with Crippen LogP contribution in [0.15, 0.2) is 23.1 Å². The van der Waals surface area contributed by atoms with Gasteiger partial charge in [-0.3, -0.25) is 0 Å². The van der Waals surface area contributed by atoms with E-state index in [1.165, 1.54) is 49.4 Å². The van der Waals surface area contributed by atoms with Crippen molar-refractivity contribution >= 4 is 11.8 Å². The van der Waals surface area contributed by atoms with Gasteiger partial charge in [0.25, 0.3) is 0 Å². The lowest BCUT2D eigenvalue weighted by Gasteiger charge is -2.22. The largest absolute Gasteiger partial charge is 0.316 e. The van der Waals surface area contributed by atoms with Gasteiger partial charge >= 0.3 is 0 Å². The normalized spacial score (nSPS) is 24.4. The van der Waals surface area contributed by atoms with Gasteiger partial charge in [-0.25, -0.2) is 0 Å². The van der Waals surface area contributed by atoms with Crippen LogP contribution in [-0.2, 0) is 0 Å². The van der Waals surface area contributed by atoms with E-state index in [-0.39, 0.29) is 0 Å². The van der Waals surface area contributed by atoms with E-state index in [0.717, 1.165) is 5.92 Å². The van der Waals surface area contributed by atoms with Crippen molar-refractivity contribution in [1.82, 2.24) is 5.32 Å². The van der Waals surface area contributed by atoms with Gasteiger partial charge in [-0.1, -0.05) is 32.1 Å². The second-order valence-electron chi connectivity index (χ2n) is 4.11. The summed E-state index contributed by atoms with van der Waals surface area (Å²) in [6.45, 7) is 6.45. The quantitative estimate of drug-likeness (QED) is 0.799. The Morgan fingerprint density at radius 1 is 1.38 bits per heavy atom. The summed E-state index contributed by atoms with van der Waals surface area (Å²) < 4.78 is 0. The molecule has 0 radical (unpaired) electrons. The van der Waals surface area contributed by atoms with Gasteiger partial charge in [-0.05, 0) is 44.7 Å². The molecule has 0 aromatic carbocycles. The van der Waals surface area contributed by atoms with E-state index in [2.05, 4.69) is 23.5 Å². The Balaban J connectivity index is 0.000000606. The predicted molar refractivity (Wildman–Crippen MR) is 75.9 cm³/mol. The number of hydrogen-bond donors (Lipinski definition) is 1. The van der Waals surface area contributed by atoms with E-state index in [1.807, 2.05) is 25.6 Å². The summed E-state index contributed by atoms with van der Waals surface area (Å²) in [5.41, 5.74) is 0. The molecule has 1 heterocycles. The molecule has 1 fully saturated rings. The van der Waals surface area contributed by atoms with Crippen LogP contribution >= 0.6 is 11.8 Å². The first-order valence-electron chi connectivity index (χ1n) is 6.65. The van der Waals surface area contributed by atoms with Gasteiger partial charge in [0.05, 0.1) is 0 Å². The van der Waals surface area contributed by atoms with Crippen LogP contribution in [0, 0.1) is 5.92 Å². The number of nitrogens with one attached hydrogen (secondary N) is 1. The van der Waals surface area contributed by atoms with Crippen LogP contribution in [-0.4, -0.2) is 18.8 Å². The summed E-state index contributed by atoms with van der Waals surface area (Å²) in [6.07, 6.45) is 12.2. The zero-order valence-electron chi connectivity index (χ0n) is 10.7. The second kappa shape index (κ2) is 8.89. The molecule has 92 valence electrons. The Morgan fingerprint density at radius 2 is 2.25 bits per heavy atom. The van der Waals surface area contributed by atoms with E-state index < -0.39 is 0 Å². The number of thioether (sulfide) groups is 1.